The van der Waals surface area contributed by atoms with Crippen molar-refractivity contribution in [3.8, 4) is 22.5 Å². The molecule has 0 saturated carbocycles. The molecule has 0 radical (unpaired) electrons. The van der Waals surface area contributed by atoms with Crippen LogP contribution in [0, 0.1) is 5.92 Å². The Morgan fingerprint density at radius 1 is 1.10 bits per heavy atom. The number of H-pyrrole nitrogens is 1. The first-order valence-corrected chi connectivity index (χ1v) is 12.6. The van der Waals surface area contributed by atoms with Gasteiger partial charge in [-0.05, 0) is 36.8 Å². The van der Waals surface area contributed by atoms with Crippen LogP contribution in [-0.4, -0.2) is 61.2 Å². The number of carbonyl (C=O) groups excluding carboxylic acids is 1. The van der Waals surface area contributed by atoms with Crippen molar-refractivity contribution in [1.82, 2.24) is 25.1 Å². The van der Waals surface area contributed by atoms with E-state index >= 15 is 0 Å². The monoisotopic (exact) mass is 532 g/mol. The maximum atomic E-state index is 13.1. The van der Waals surface area contributed by atoms with E-state index in [4.69, 9.17) is 0 Å². The molecule has 2 aliphatic rings. The lowest BCUT2D eigenvalue weighted by Crippen LogP contribution is -2.38. The SMILES string of the molecule is CC1c2cc(-c3nccc(Nc4ccc(-c5cn[nH]c5)cc4)n3)ccc2C=[N+]1C(=O)N1CCC(C(F)(F)F)C1. The van der Waals surface area contributed by atoms with Gasteiger partial charge in [0.2, 0.25) is 0 Å². The number of amides is 2. The highest BCUT2D eigenvalue weighted by Gasteiger charge is 2.49. The molecule has 2 unspecified atom stereocenters. The predicted molar refractivity (Wildman–Crippen MR) is 140 cm³/mol. The van der Waals surface area contributed by atoms with Crippen LogP contribution in [-0.2, 0) is 0 Å². The summed E-state index contributed by atoms with van der Waals surface area (Å²) in [5.41, 5.74) is 5.43. The number of nitrogens with zero attached hydrogens (tertiary/aromatic N) is 5. The highest BCUT2D eigenvalue weighted by Crippen LogP contribution is 2.35. The summed E-state index contributed by atoms with van der Waals surface area (Å²) in [6.45, 7) is 1.66. The molecule has 2 aliphatic heterocycles. The zero-order chi connectivity index (χ0) is 27.1. The zero-order valence-corrected chi connectivity index (χ0v) is 21.0. The van der Waals surface area contributed by atoms with Crippen LogP contribution in [0.15, 0.2) is 67.1 Å². The van der Waals surface area contributed by atoms with Crippen LogP contribution in [0.4, 0.5) is 29.5 Å². The van der Waals surface area contributed by atoms with Crippen molar-refractivity contribution in [2.24, 2.45) is 5.92 Å². The van der Waals surface area contributed by atoms with Crippen LogP contribution in [0.1, 0.15) is 30.5 Å². The fourth-order valence-corrected chi connectivity index (χ4v) is 5.06. The van der Waals surface area contributed by atoms with E-state index in [0.29, 0.717) is 11.6 Å². The second-order valence-corrected chi connectivity index (χ2v) is 9.77. The van der Waals surface area contributed by atoms with Gasteiger partial charge < -0.3 is 5.32 Å². The molecule has 1 fully saturated rings. The largest absolute Gasteiger partial charge is 0.493 e. The summed E-state index contributed by atoms with van der Waals surface area (Å²) < 4.78 is 40.9. The fourth-order valence-electron chi connectivity index (χ4n) is 5.06. The minimum atomic E-state index is -4.29. The third-order valence-corrected chi connectivity index (χ3v) is 7.28. The van der Waals surface area contributed by atoms with Gasteiger partial charge >= 0.3 is 12.2 Å². The number of rotatable bonds is 4. The zero-order valence-electron chi connectivity index (χ0n) is 21.0. The van der Waals surface area contributed by atoms with Crippen molar-refractivity contribution in [1.29, 1.82) is 0 Å². The van der Waals surface area contributed by atoms with Gasteiger partial charge in [0.15, 0.2) is 5.82 Å². The molecule has 2 atom stereocenters. The Morgan fingerprint density at radius 2 is 1.90 bits per heavy atom. The molecule has 2 aromatic heterocycles. The normalized spacial score (nSPS) is 18.7. The highest BCUT2D eigenvalue weighted by atomic mass is 19.4. The quantitative estimate of drug-likeness (QED) is 0.325. The van der Waals surface area contributed by atoms with Crippen molar-refractivity contribution < 1.29 is 22.5 Å². The third kappa shape index (κ3) is 4.87. The fraction of sp³-hybridized carbons (Fsp3) is 0.250. The Kier molecular flexibility index (Phi) is 6.13. The predicted octanol–water partition coefficient (Wildman–Crippen LogP) is 5.79. The van der Waals surface area contributed by atoms with Crippen molar-refractivity contribution in [3.05, 3.63) is 78.2 Å². The molecule has 198 valence electrons. The molecule has 0 spiro atoms. The smallest absolute Gasteiger partial charge is 0.340 e. The first-order valence-electron chi connectivity index (χ1n) is 12.6. The van der Waals surface area contributed by atoms with Crippen LogP contribution in [0.3, 0.4) is 0 Å². The molecule has 2 amide bonds. The molecule has 0 aliphatic carbocycles. The van der Waals surface area contributed by atoms with Gasteiger partial charge in [0.25, 0.3) is 0 Å². The Labute approximate surface area is 222 Å². The van der Waals surface area contributed by atoms with E-state index in [2.05, 4.69) is 25.5 Å². The molecule has 4 aromatic rings. The summed E-state index contributed by atoms with van der Waals surface area (Å²) in [4.78, 5) is 23.5. The Balaban J connectivity index is 1.17. The molecule has 2 aromatic carbocycles. The highest BCUT2D eigenvalue weighted by molar-refractivity contribution is 5.87. The molecule has 1 saturated heterocycles. The van der Waals surface area contributed by atoms with Crippen molar-refractivity contribution >= 4 is 23.8 Å². The number of hydrogen-bond acceptors (Lipinski definition) is 5. The Bertz CT molecular complexity index is 1550. The Hall–Kier alpha value is -4.54. The van der Waals surface area contributed by atoms with E-state index in [0.717, 1.165) is 33.5 Å². The number of hydrogen-bond donors (Lipinski definition) is 2. The lowest BCUT2D eigenvalue weighted by molar-refractivity contribution is -0.471. The summed E-state index contributed by atoms with van der Waals surface area (Å²) in [6, 6.07) is 14.6. The summed E-state index contributed by atoms with van der Waals surface area (Å²) in [7, 11) is 0. The molecule has 0 bridgehead atoms. The van der Waals surface area contributed by atoms with E-state index in [1.54, 1.807) is 24.7 Å². The second kappa shape index (κ2) is 9.64. The average Bonchev–Trinajstić information content (AvgIpc) is 3.70. The summed E-state index contributed by atoms with van der Waals surface area (Å²) >= 11 is 0. The number of halogens is 3. The van der Waals surface area contributed by atoms with Crippen molar-refractivity contribution in [2.75, 3.05) is 18.4 Å². The minimum absolute atomic E-state index is 0.0647. The maximum Gasteiger partial charge on any atom is 0.493 e. The van der Waals surface area contributed by atoms with Crippen LogP contribution in [0.5, 0.6) is 0 Å². The number of likely N-dealkylation sites (tertiary alicyclic amines) is 1. The van der Waals surface area contributed by atoms with Gasteiger partial charge in [-0.25, -0.2) is 14.9 Å². The molecule has 8 nitrogen and oxygen atoms in total. The minimum Gasteiger partial charge on any atom is -0.340 e. The van der Waals surface area contributed by atoms with Crippen LogP contribution in [0.25, 0.3) is 22.5 Å². The van der Waals surface area contributed by atoms with Gasteiger partial charge in [0.1, 0.15) is 24.6 Å². The summed E-state index contributed by atoms with van der Waals surface area (Å²) in [5.74, 6) is -0.329. The number of urea groups is 1. The molecule has 11 heteroatoms. The van der Waals surface area contributed by atoms with Gasteiger partial charge in [-0.3, -0.25) is 5.10 Å². The molecular weight excluding hydrogens is 507 g/mol. The van der Waals surface area contributed by atoms with Gasteiger partial charge in [0, 0.05) is 46.8 Å². The van der Waals surface area contributed by atoms with E-state index in [1.165, 1.54) is 9.48 Å². The van der Waals surface area contributed by atoms with Crippen molar-refractivity contribution in [3.63, 3.8) is 0 Å². The topological polar surface area (TPSA) is 89.8 Å². The van der Waals surface area contributed by atoms with E-state index < -0.39 is 18.1 Å². The van der Waals surface area contributed by atoms with Crippen LogP contribution < -0.4 is 5.32 Å². The average molecular weight is 533 g/mol. The number of benzene rings is 2. The van der Waals surface area contributed by atoms with Gasteiger partial charge in [0.05, 0.1) is 18.7 Å². The van der Waals surface area contributed by atoms with Crippen LogP contribution in [0.2, 0.25) is 0 Å². The molecule has 2 N–H and O–H groups in total. The lowest BCUT2D eigenvalue weighted by atomic mass is 10.0. The number of anilines is 2. The van der Waals surface area contributed by atoms with Crippen LogP contribution >= 0.6 is 0 Å². The van der Waals surface area contributed by atoms with E-state index in [-0.39, 0.29) is 25.6 Å². The molecular formula is C28H25F3N7O+. The standard InChI is InChI=1S/C28H24F3N7O/c1-17-24-12-19(2-3-20(24)15-38(17)27(39)37-11-9-22(16-37)28(29,30)31)26-32-10-8-25(36-26)35-23-6-4-18(5-7-23)21-13-33-34-14-21/h2-8,10,12-15,17,22H,9,11,16H2,1H3,(H,32,36)/p+1. The maximum absolute atomic E-state index is 13.1. The number of carbonyl (C=O) groups is 1. The lowest BCUT2D eigenvalue weighted by Gasteiger charge is -2.15. The van der Waals surface area contributed by atoms with Gasteiger partial charge in [-0.1, -0.05) is 24.3 Å². The van der Waals surface area contributed by atoms with E-state index in [9.17, 15) is 18.0 Å². The first-order chi connectivity index (χ1) is 18.8. The number of aromatic amines is 1. The Morgan fingerprint density at radius 3 is 2.62 bits per heavy atom. The number of fused-ring (bicyclic) bond motifs is 1. The van der Waals surface area contributed by atoms with Crippen molar-refractivity contribution in [2.45, 2.75) is 25.6 Å². The van der Waals surface area contributed by atoms with Gasteiger partial charge in [-0.2, -0.15) is 27.6 Å². The van der Waals surface area contributed by atoms with Gasteiger partial charge in [-0.15, -0.1) is 0 Å². The summed E-state index contributed by atoms with van der Waals surface area (Å²) in [5, 5.41) is 10.1. The number of aromatic nitrogens is 4. The number of alkyl halides is 3. The summed E-state index contributed by atoms with van der Waals surface area (Å²) in [6.07, 6.45) is 2.62. The number of nitrogens with one attached hydrogen (secondary N) is 2. The molecule has 4 heterocycles. The third-order valence-electron chi connectivity index (χ3n) is 7.28. The molecule has 39 heavy (non-hydrogen) atoms. The molecule has 6 rings (SSSR count). The van der Waals surface area contributed by atoms with E-state index in [1.807, 2.05) is 55.6 Å². The second-order valence-electron chi connectivity index (χ2n) is 9.77. The first kappa shape index (κ1) is 24.8.